The van der Waals surface area contributed by atoms with Crippen molar-refractivity contribution in [1.82, 2.24) is 4.98 Å². The molecule has 0 bridgehead atoms. The molecule has 3 aliphatic rings. The molecule has 1 saturated heterocycles. The molecular formula is C18H24N4O. The van der Waals surface area contributed by atoms with Gasteiger partial charge >= 0.3 is 0 Å². The van der Waals surface area contributed by atoms with Crippen LogP contribution in [0, 0.1) is 5.92 Å². The predicted octanol–water partition coefficient (Wildman–Crippen LogP) is 2.53. The van der Waals surface area contributed by atoms with E-state index in [4.69, 9.17) is 10.5 Å². The Bertz CT molecular complexity index is 610. The fraction of sp³-hybridized carbons (Fsp3) is 0.556. The van der Waals surface area contributed by atoms with E-state index >= 15 is 0 Å². The molecule has 5 nitrogen and oxygen atoms in total. The van der Waals surface area contributed by atoms with Crippen molar-refractivity contribution in [3.63, 3.8) is 0 Å². The number of pyridine rings is 1. The average Bonchev–Trinajstić information content (AvgIpc) is 2.98. The van der Waals surface area contributed by atoms with E-state index in [9.17, 15) is 0 Å². The summed E-state index contributed by atoms with van der Waals surface area (Å²) in [6.07, 6.45) is 10.3. The summed E-state index contributed by atoms with van der Waals surface area (Å²) in [6.45, 7) is 2.77. The van der Waals surface area contributed by atoms with Gasteiger partial charge in [0, 0.05) is 36.5 Å². The number of hydrogen-bond donors (Lipinski definition) is 1. The fourth-order valence-electron chi connectivity index (χ4n) is 3.43. The first-order valence-electron chi connectivity index (χ1n) is 8.66. The van der Waals surface area contributed by atoms with Crippen LogP contribution in [-0.2, 0) is 0 Å². The Kier molecular flexibility index (Phi) is 3.93. The van der Waals surface area contributed by atoms with Gasteiger partial charge in [0.25, 0.3) is 0 Å². The van der Waals surface area contributed by atoms with Crippen molar-refractivity contribution in [2.45, 2.75) is 38.2 Å². The molecule has 4 rings (SSSR count). The summed E-state index contributed by atoms with van der Waals surface area (Å²) in [6, 6.07) is 4.14. The van der Waals surface area contributed by atoms with Crippen LogP contribution in [0.3, 0.4) is 0 Å². The number of aromatic nitrogens is 1. The molecule has 122 valence electrons. The predicted molar refractivity (Wildman–Crippen MR) is 92.0 cm³/mol. The monoisotopic (exact) mass is 312 g/mol. The lowest BCUT2D eigenvalue weighted by Crippen LogP contribution is -2.36. The highest BCUT2D eigenvalue weighted by atomic mass is 16.5. The maximum atomic E-state index is 5.83. The maximum absolute atomic E-state index is 5.83. The minimum absolute atomic E-state index is 0.386. The third-order valence-corrected chi connectivity index (χ3v) is 5.12. The van der Waals surface area contributed by atoms with E-state index < -0.39 is 0 Å². The second-order valence-corrected chi connectivity index (χ2v) is 6.75. The van der Waals surface area contributed by atoms with Crippen LogP contribution in [0.1, 0.15) is 32.1 Å². The van der Waals surface area contributed by atoms with Crippen LogP contribution in [0.5, 0.6) is 5.88 Å². The van der Waals surface area contributed by atoms with E-state index in [0.717, 1.165) is 37.5 Å². The first kappa shape index (κ1) is 14.5. The summed E-state index contributed by atoms with van der Waals surface area (Å²) >= 11 is 0. The van der Waals surface area contributed by atoms with Crippen LogP contribution in [0.4, 0.5) is 5.69 Å². The molecule has 1 aliphatic carbocycles. The molecule has 1 aromatic heterocycles. The zero-order valence-electron chi connectivity index (χ0n) is 13.4. The number of rotatable bonds is 4. The summed E-state index contributed by atoms with van der Waals surface area (Å²) in [5, 5.41) is 0. The van der Waals surface area contributed by atoms with E-state index in [1.54, 1.807) is 0 Å². The third-order valence-electron chi connectivity index (χ3n) is 5.12. The normalized spacial score (nSPS) is 22.5. The van der Waals surface area contributed by atoms with Crippen molar-refractivity contribution in [1.29, 1.82) is 0 Å². The quantitative estimate of drug-likeness (QED) is 0.928. The minimum Gasteiger partial charge on any atom is -0.474 e. The molecular weight excluding hydrogens is 288 g/mol. The van der Waals surface area contributed by atoms with Gasteiger partial charge in [-0.25, -0.2) is 4.98 Å². The highest BCUT2D eigenvalue weighted by Gasteiger charge is 2.24. The highest BCUT2D eigenvalue weighted by Crippen LogP contribution is 2.28. The number of hydrogen-bond acceptors (Lipinski definition) is 5. The van der Waals surface area contributed by atoms with Gasteiger partial charge in [0.2, 0.25) is 5.88 Å². The fourth-order valence-corrected chi connectivity index (χ4v) is 3.43. The number of allylic oxidation sites excluding steroid dienone is 1. The van der Waals surface area contributed by atoms with Gasteiger partial charge in [0.1, 0.15) is 6.10 Å². The minimum atomic E-state index is 0.386. The molecule has 0 amide bonds. The molecule has 2 aliphatic heterocycles. The van der Waals surface area contributed by atoms with Crippen LogP contribution in [0.15, 0.2) is 35.1 Å². The van der Waals surface area contributed by atoms with E-state index in [-0.39, 0.29) is 0 Å². The number of nitrogens with zero attached hydrogens (tertiary/aromatic N) is 3. The second kappa shape index (κ2) is 6.22. The number of anilines is 1. The number of ether oxygens (including phenoxy) is 1. The average molecular weight is 312 g/mol. The number of nitrogens with two attached hydrogens (primary N) is 1. The molecule has 2 N–H and O–H groups in total. The van der Waals surface area contributed by atoms with Crippen molar-refractivity contribution < 1.29 is 4.74 Å². The Hall–Kier alpha value is -2.04. The van der Waals surface area contributed by atoms with Crippen molar-refractivity contribution in [2.75, 3.05) is 24.5 Å². The molecule has 0 spiro atoms. The van der Waals surface area contributed by atoms with Crippen molar-refractivity contribution in [3.05, 3.63) is 30.1 Å². The number of piperidine rings is 1. The summed E-state index contributed by atoms with van der Waals surface area (Å²) in [5.41, 5.74) is 9.11. The van der Waals surface area contributed by atoms with Gasteiger partial charge in [-0.15, -0.1) is 0 Å². The molecule has 1 saturated carbocycles. The summed E-state index contributed by atoms with van der Waals surface area (Å²) in [4.78, 5) is 11.4. The lowest BCUT2D eigenvalue weighted by atomic mass is 9.91. The van der Waals surface area contributed by atoms with Gasteiger partial charge in [-0.3, -0.25) is 4.99 Å². The molecule has 3 heterocycles. The zero-order chi connectivity index (χ0) is 15.6. The smallest absolute Gasteiger partial charge is 0.213 e. The van der Waals surface area contributed by atoms with Crippen LogP contribution in [0.2, 0.25) is 0 Å². The zero-order valence-corrected chi connectivity index (χ0v) is 13.4. The maximum Gasteiger partial charge on any atom is 0.213 e. The topological polar surface area (TPSA) is 63.7 Å². The Morgan fingerprint density at radius 2 is 1.96 bits per heavy atom. The van der Waals surface area contributed by atoms with Gasteiger partial charge in [-0.05, 0) is 44.2 Å². The first-order chi connectivity index (χ1) is 11.3. The Morgan fingerprint density at radius 1 is 1.13 bits per heavy atom. The summed E-state index contributed by atoms with van der Waals surface area (Å²) in [5.74, 6) is 1.32. The third kappa shape index (κ3) is 3.19. The van der Waals surface area contributed by atoms with Crippen molar-refractivity contribution >= 4 is 11.4 Å². The Morgan fingerprint density at radius 3 is 2.52 bits per heavy atom. The van der Waals surface area contributed by atoms with Crippen LogP contribution in [0.25, 0.3) is 0 Å². The van der Waals surface area contributed by atoms with E-state index in [1.165, 1.54) is 30.7 Å². The van der Waals surface area contributed by atoms with E-state index in [2.05, 4.69) is 27.0 Å². The Balaban J connectivity index is 1.33. The summed E-state index contributed by atoms with van der Waals surface area (Å²) < 4.78 is 5.82. The van der Waals surface area contributed by atoms with E-state index in [1.807, 2.05) is 12.3 Å². The molecule has 0 atom stereocenters. The molecule has 1 aromatic rings. The standard InChI is InChI=1S/C18H24N4O/c19-14-10-17(20-11-14)13-6-8-22(9-7-13)15-4-5-18(21-12-15)23-16-2-1-3-16/h4-5,10,12-13,16H,1-3,6-9,11,19H2. The van der Waals surface area contributed by atoms with Crippen LogP contribution >= 0.6 is 0 Å². The number of aliphatic imine (C=N–C) groups is 1. The largest absolute Gasteiger partial charge is 0.474 e. The molecule has 5 heteroatoms. The molecule has 2 fully saturated rings. The van der Waals surface area contributed by atoms with E-state index in [0.29, 0.717) is 18.6 Å². The highest BCUT2D eigenvalue weighted by molar-refractivity contribution is 5.99. The molecule has 0 aromatic carbocycles. The Labute approximate surface area is 137 Å². The van der Waals surface area contributed by atoms with Gasteiger partial charge in [-0.1, -0.05) is 0 Å². The van der Waals surface area contributed by atoms with Crippen LogP contribution < -0.4 is 15.4 Å². The lowest BCUT2D eigenvalue weighted by Gasteiger charge is -2.33. The van der Waals surface area contributed by atoms with Crippen LogP contribution in [-0.4, -0.2) is 36.4 Å². The first-order valence-corrected chi connectivity index (χ1v) is 8.66. The molecule has 23 heavy (non-hydrogen) atoms. The SMILES string of the molecule is NC1=CC(C2CCN(c3ccc(OC4CCC4)nc3)CC2)=NC1. The van der Waals surface area contributed by atoms with Crippen molar-refractivity contribution in [2.24, 2.45) is 16.6 Å². The summed E-state index contributed by atoms with van der Waals surface area (Å²) in [7, 11) is 0. The lowest BCUT2D eigenvalue weighted by molar-refractivity contribution is 0.114. The van der Waals surface area contributed by atoms with Gasteiger partial charge in [-0.2, -0.15) is 0 Å². The van der Waals surface area contributed by atoms with Crippen molar-refractivity contribution in [3.8, 4) is 5.88 Å². The van der Waals surface area contributed by atoms with Gasteiger partial charge in [0.05, 0.1) is 18.4 Å². The second-order valence-electron chi connectivity index (χ2n) is 6.75. The van der Waals surface area contributed by atoms with Gasteiger partial charge in [0.15, 0.2) is 0 Å². The van der Waals surface area contributed by atoms with Gasteiger partial charge < -0.3 is 15.4 Å². The molecule has 0 unspecified atom stereocenters. The molecule has 0 radical (unpaired) electrons.